The molecule has 0 unspecified atom stereocenters. The van der Waals surface area contributed by atoms with E-state index in [1.54, 1.807) is 12.4 Å². The smallest absolute Gasteiger partial charge is 0.123 e. The first-order chi connectivity index (χ1) is 7.84. The van der Waals surface area contributed by atoms with E-state index in [1.807, 2.05) is 12.1 Å². The van der Waals surface area contributed by atoms with Crippen molar-refractivity contribution in [2.45, 2.75) is 13.0 Å². The molecule has 0 atom stereocenters. The number of hydrogen-bond acceptors (Lipinski definition) is 2. The highest BCUT2D eigenvalue weighted by Gasteiger charge is 1.95. The van der Waals surface area contributed by atoms with Gasteiger partial charge in [-0.1, -0.05) is 12.1 Å². The summed E-state index contributed by atoms with van der Waals surface area (Å²) >= 11 is 0. The lowest BCUT2D eigenvalue weighted by Crippen LogP contribution is -2.17. The van der Waals surface area contributed by atoms with Crippen LogP contribution in [0.2, 0.25) is 0 Å². The number of nitrogens with one attached hydrogen (secondary N) is 2. The molecule has 0 saturated heterocycles. The molecule has 0 amide bonds. The zero-order valence-corrected chi connectivity index (χ0v) is 8.91. The summed E-state index contributed by atoms with van der Waals surface area (Å²) in [5.74, 6) is 0.742. The summed E-state index contributed by atoms with van der Waals surface area (Å²) in [6.07, 6.45) is 4.43. The zero-order valence-electron chi connectivity index (χ0n) is 8.91. The van der Waals surface area contributed by atoms with Crippen molar-refractivity contribution in [1.82, 2.24) is 15.3 Å². The molecule has 1 aromatic heterocycles. The molecule has 0 bridgehead atoms. The van der Waals surface area contributed by atoms with E-state index in [4.69, 9.17) is 0 Å². The summed E-state index contributed by atoms with van der Waals surface area (Å²) in [6, 6.07) is 6.59. The van der Waals surface area contributed by atoms with Gasteiger partial charge in [0.25, 0.3) is 0 Å². The fraction of sp³-hybridized carbons (Fsp3) is 0.250. The maximum atomic E-state index is 12.6. The molecule has 0 radical (unpaired) electrons. The topological polar surface area (TPSA) is 40.7 Å². The Hall–Kier alpha value is -1.68. The van der Waals surface area contributed by atoms with Crippen LogP contribution in [0.3, 0.4) is 0 Å². The van der Waals surface area contributed by atoms with E-state index in [0.717, 1.165) is 30.9 Å². The molecule has 0 spiro atoms. The third kappa shape index (κ3) is 3.17. The quantitative estimate of drug-likeness (QED) is 0.754. The van der Waals surface area contributed by atoms with Crippen molar-refractivity contribution in [3.63, 3.8) is 0 Å². The van der Waals surface area contributed by atoms with Gasteiger partial charge in [-0.2, -0.15) is 0 Å². The summed E-state index contributed by atoms with van der Waals surface area (Å²) < 4.78 is 12.6. The minimum Gasteiger partial charge on any atom is -0.348 e. The highest BCUT2D eigenvalue weighted by Crippen LogP contribution is 2.02. The fourth-order valence-electron chi connectivity index (χ4n) is 1.49. The third-order valence-corrected chi connectivity index (χ3v) is 2.35. The van der Waals surface area contributed by atoms with Gasteiger partial charge in [0.1, 0.15) is 11.6 Å². The largest absolute Gasteiger partial charge is 0.348 e. The van der Waals surface area contributed by atoms with Gasteiger partial charge in [0.05, 0.1) is 6.54 Å². The Morgan fingerprint density at radius 2 is 2.06 bits per heavy atom. The Labute approximate surface area is 93.7 Å². The van der Waals surface area contributed by atoms with Gasteiger partial charge in [0, 0.05) is 12.4 Å². The van der Waals surface area contributed by atoms with E-state index in [9.17, 15) is 4.39 Å². The molecule has 0 aliphatic rings. The second kappa shape index (κ2) is 5.42. The Balaban J connectivity index is 1.70. The molecule has 16 heavy (non-hydrogen) atoms. The van der Waals surface area contributed by atoms with Gasteiger partial charge >= 0.3 is 0 Å². The minimum atomic E-state index is -0.188. The third-order valence-electron chi connectivity index (χ3n) is 2.35. The van der Waals surface area contributed by atoms with Crippen molar-refractivity contribution in [2.75, 3.05) is 6.54 Å². The molecule has 1 aromatic carbocycles. The predicted octanol–water partition coefficient (Wildman–Crippen LogP) is 1.88. The number of halogens is 1. The second-order valence-corrected chi connectivity index (χ2v) is 3.59. The van der Waals surface area contributed by atoms with Gasteiger partial charge in [0.2, 0.25) is 0 Å². The SMILES string of the molecule is Fc1ccc(CCNCc2ncc[nH]2)cc1. The summed E-state index contributed by atoms with van der Waals surface area (Å²) in [7, 11) is 0. The number of H-pyrrole nitrogens is 1. The molecular weight excluding hydrogens is 205 g/mol. The molecule has 2 rings (SSSR count). The summed E-state index contributed by atoms with van der Waals surface area (Å²) in [5.41, 5.74) is 1.13. The lowest BCUT2D eigenvalue weighted by molar-refractivity contribution is 0.625. The van der Waals surface area contributed by atoms with Crippen LogP contribution in [0.1, 0.15) is 11.4 Å². The molecule has 0 fully saturated rings. The first-order valence-electron chi connectivity index (χ1n) is 5.28. The van der Waals surface area contributed by atoms with E-state index >= 15 is 0 Å². The molecule has 3 nitrogen and oxygen atoms in total. The Kier molecular flexibility index (Phi) is 3.66. The van der Waals surface area contributed by atoms with Crippen LogP contribution in [-0.4, -0.2) is 16.5 Å². The lowest BCUT2D eigenvalue weighted by Gasteiger charge is -2.03. The molecule has 0 saturated carbocycles. The predicted molar refractivity (Wildman–Crippen MR) is 60.4 cm³/mol. The van der Waals surface area contributed by atoms with Crippen molar-refractivity contribution >= 4 is 0 Å². The molecule has 84 valence electrons. The van der Waals surface area contributed by atoms with Crippen LogP contribution in [0.15, 0.2) is 36.7 Å². The number of nitrogens with zero attached hydrogens (tertiary/aromatic N) is 1. The highest BCUT2D eigenvalue weighted by molar-refractivity contribution is 5.16. The molecule has 1 heterocycles. The summed E-state index contributed by atoms with van der Waals surface area (Å²) in [5, 5.41) is 3.26. The number of aromatic nitrogens is 2. The molecule has 0 aliphatic heterocycles. The number of hydrogen-bond donors (Lipinski definition) is 2. The maximum Gasteiger partial charge on any atom is 0.123 e. The Morgan fingerprint density at radius 1 is 1.25 bits per heavy atom. The van der Waals surface area contributed by atoms with Crippen molar-refractivity contribution < 1.29 is 4.39 Å². The fourth-order valence-corrected chi connectivity index (χ4v) is 1.49. The zero-order chi connectivity index (χ0) is 11.2. The van der Waals surface area contributed by atoms with Gasteiger partial charge < -0.3 is 10.3 Å². The number of aromatic amines is 1. The van der Waals surface area contributed by atoms with Gasteiger partial charge in [-0.15, -0.1) is 0 Å². The first-order valence-corrected chi connectivity index (χ1v) is 5.28. The molecular formula is C12H14FN3. The highest BCUT2D eigenvalue weighted by atomic mass is 19.1. The minimum absolute atomic E-state index is 0.188. The average Bonchev–Trinajstić information content (AvgIpc) is 2.80. The molecule has 0 aliphatic carbocycles. The van der Waals surface area contributed by atoms with Crippen molar-refractivity contribution in [3.05, 3.63) is 53.9 Å². The van der Waals surface area contributed by atoms with Crippen LogP contribution >= 0.6 is 0 Å². The van der Waals surface area contributed by atoms with E-state index in [1.165, 1.54) is 12.1 Å². The standard InChI is InChI=1S/C12H14FN3/c13-11-3-1-10(2-4-11)5-6-14-9-12-15-7-8-16-12/h1-4,7-8,14H,5-6,9H2,(H,15,16). The van der Waals surface area contributed by atoms with Gasteiger partial charge in [-0.25, -0.2) is 9.37 Å². The molecule has 4 heteroatoms. The van der Waals surface area contributed by atoms with Gasteiger partial charge in [-0.3, -0.25) is 0 Å². The van der Waals surface area contributed by atoms with Crippen LogP contribution in [0.5, 0.6) is 0 Å². The second-order valence-electron chi connectivity index (χ2n) is 3.59. The summed E-state index contributed by atoms with van der Waals surface area (Å²) in [4.78, 5) is 7.12. The Bertz CT molecular complexity index is 408. The molecule has 2 aromatic rings. The monoisotopic (exact) mass is 219 g/mol. The Morgan fingerprint density at radius 3 is 2.75 bits per heavy atom. The van der Waals surface area contributed by atoms with Crippen LogP contribution in [0, 0.1) is 5.82 Å². The summed E-state index contributed by atoms with van der Waals surface area (Å²) in [6.45, 7) is 1.58. The van der Waals surface area contributed by atoms with Crippen molar-refractivity contribution in [3.8, 4) is 0 Å². The van der Waals surface area contributed by atoms with E-state index in [0.29, 0.717) is 0 Å². The normalized spacial score (nSPS) is 10.6. The number of benzene rings is 1. The number of rotatable bonds is 5. The van der Waals surface area contributed by atoms with E-state index in [2.05, 4.69) is 15.3 Å². The van der Waals surface area contributed by atoms with E-state index < -0.39 is 0 Å². The van der Waals surface area contributed by atoms with Crippen molar-refractivity contribution in [1.29, 1.82) is 0 Å². The lowest BCUT2D eigenvalue weighted by atomic mass is 10.1. The number of imidazole rings is 1. The van der Waals surface area contributed by atoms with Crippen LogP contribution in [0.4, 0.5) is 4.39 Å². The van der Waals surface area contributed by atoms with Crippen LogP contribution in [0.25, 0.3) is 0 Å². The molecule has 2 N–H and O–H groups in total. The maximum absolute atomic E-state index is 12.6. The van der Waals surface area contributed by atoms with Crippen LogP contribution in [-0.2, 0) is 13.0 Å². The van der Waals surface area contributed by atoms with Crippen molar-refractivity contribution in [2.24, 2.45) is 0 Å². The van der Waals surface area contributed by atoms with Gasteiger partial charge in [-0.05, 0) is 30.7 Å². The van der Waals surface area contributed by atoms with Gasteiger partial charge in [0.15, 0.2) is 0 Å². The first kappa shape index (κ1) is 10.8. The average molecular weight is 219 g/mol. The van der Waals surface area contributed by atoms with E-state index in [-0.39, 0.29) is 5.82 Å². The van der Waals surface area contributed by atoms with Crippen LogP contribution < -0.4 is 5.32 Å².